The van der Waals surface area contributed by atoms with E-state index in [9.17, 15) is 9.59 Å². The van der Waals surface area contributed by atoms with Gasteiger partial charge in [-0.2, -0.15) is 0 Å². The number of rotatable bonds is 6. The van der Waals surface area contributed by atoms with Gasteiger partial charge in [-0.25, -0.2) is 0 Å². The van der Waals surface area contributed by atoms with Crippen LogP contribution in [-0.2, 0) is 28.5 Å². The lowest BCUT2D eigenvalue weighted by Crippen LogP contribution is -2.59. The molecule has 0 N–H and O–H groups in total. The molecule has 11 atom stereocenters. The standard InChI is InChI=1S/C29H40O6/c1-16-20-10-29-8-5-22-27(2,6-4-7-28(22,3)26(31)35-15-18-13-33-18)23(29)9-19(20)24(16)21(11-29)25(30)34-14-17-12-32-17/h10,16-19,21-24H,4-9,11-15H2,1-3H3. The van der Waals surface area contributed by atoms with E-state index in [1.165, 1.54) is 12.8 Å². The maximum absolute atomic E-state index is 13.4. The molecule has 2 saturated heterocycles. The number of allylic oxidation sites excluding steroid dienone is 2. The summed E-state index contributed by atoms with van der Waals surface area (Å²) in [5.41, 5.74) is 1.32. The van der Waals surface area contributed by atoms with Gasteiger partial charge in [-0.15, -0.1) is 0 Å². The minimum atomic E-state index is -0.430. The molecule has 4 bridgehead atoms. The van der Waals surface area contributed by atoms with E-state index < -0.39 is 5.41 Å². The Balaban J connectivity index is 1.18. The van der Waals surface area contributed by atoms with E-state index in [4.69, 9.17) is 18.9 Å². The number of hydrogen-bond donors (Lipinski definition) is 0. The van der Waals surface area contributed by atoms with Crippen LogP contribution in [0.15, 0.2) is 11.6 Å². The number of carbonyl (C=O) groups is 2. The van der Waals surface area contributed by atoms with Crippen molar-refractivity contribution in [1.29, 1.82) is 0 Å². The Hall–Kier alpha value is -1.40. The number of esters is 2. The summed E-state index contributed by atoms with van der Waals surface area (Å²) in [4.78, 5) is 26.8. The first-order chi connectivity index (χ1) is 16.8. The highest BCUT2D eigenvalue weighted by Gasteiger charge is 2.69. The second kappa shape index (κ2) is 7.56. The monoisotopic (exact) mass is 484 g/mol. The number of hydrogen-bond acceptors (Lipinski definition) is 6. The smallest absolute Gasteiger partial charge is 0.312 e. The van der Waals surface area contributed by atoms with Gasteiger partial charge in [-0.3, -0.25) is 9.59 Å². The number of ether oxygens (including phenoxy) is 4. The first kappa shape index (κ1) is 22.8. The fraction of sp³-hybridized carbons (Fsp3) is 0.862. The molecule has 35 heavy (non-hydrogen) atoms. The van der Waals surface area contributed by atoms with Gasteiger partial charge in [0.2, 0.25) is 0 Å². The summed E-state index contributed by atoms with van der Waals surface area (Å²) >= 11 is 0. The average Bonchev–Trinajstić information content (AvgIpc) is 3.73. The number of fused-ring (bicyclic) bond motifs is 1. The highest BCUT2D eigenvalue weighted by Crippen LogP contribution is 2.74. The van der Waals surface area contributed by atoms with Crippen LogP contribution in [0.4, 0.5) is 0 Å². The van der Waals surface area contributed by atoms with Gasteiger partial charge < -0.3 is 18.9 Å². The average molecular weight is 485 g/mol. The van der Waals surface area contributed by atoms with Crippen molar-refractivity contribution in [3.8, 4) is 0 Å². The van der Waals surface area contributed by atoms with Gasteiger partial charge in [0.25, 0.3) is 0 Å². The van der Waals surface area contributed by atoms with Gasteiger partial charge in [0.05, 0.1) is 24.5 Å². The van der Waals surface area contributed by atoms with Crippen molar-refractivity contribution in [1.82, 2.24) is 0 Å². The molecule has 6 nitrogen and oxygen atoms in total. The van der Waals surface area contributed by atoms with Crippen LogP contribution in [0.3, 0.4) is 0 Å². The predicted octanol–water partition coefficient (Wildman–Crippen LogP) is 4.31. The molecule has 4 saturated carbocycles. The zero-order valence-corrected chi connectivity index (χ0v) is 21.4. The zero-order chi connectivity index (χ0) is 24.2. The van der Waals surface area contributed by atoms with Crippen molar-refractivity contribution in [2.24, 2.45) is 51.8 Å². The quantitative estimate of drug-likeness (QED) is 0.318. The van der Waals surface area contributed by atoms with Gasteiger partial charge in [-0.1, -0.05) is 31.9 Å². The third-order valence-electron chi connectivity index (χ3n) is 11.8. The lowest BCUT2D eigenvalue weighted by molar-refractivity contribution is -0.182. The molecule has 0 aromatic carbocycles. The molecular weight excluding hydrogens is 444 g/mol. The van der Waals surface area contributed by atoms with Crippen LogP contribution in [0.2, 0.25) is 0 Å². The lowest BCUT2D eigenvalue weighted by atomic mass is 9.39. The third-order valence-corrected chi connectivity index (χ3v) is 11.8. The van der Waals surface area contributed by atoms with Crippen LogP contribution in [0, 0.1) is 51.8 Å². The van der Waals surface area contributed by atoms with E-state index in [1.54, 1.807) is 5.57 Å². The van der Waals surface area contributed by atoms with Crippen molar-refractivity contribution in [3.05, 3.63) is 11.6 Å². The summed E-state index contributed by atoms with van der Waals surface area (Å²) in [5.74, 6) is 2.21. The summed E-state index contributed by atoms with van der Waals surface area (Å²) in [6.45, 7) is 9.20. The van der Waals surface area contributed by atoms with Crippen molar-refractivity contribution in [2.45, 2.75) is 77.9 Å². The molecule has 1 spiro atoms. The molecule has 6 heteroatoms. The predicted molar refractivity (Wildman–Crippen MR) is 127 cm³/mol. The Labute approximate surface area is 208 Å². The maximum atomic E-state index is 13.4. The molecule has 192 valence electrons. The molecule has 2 aliphatic heterocycles. The first-order valence-electron chi connectivity index (χ1n) is 14.0. The zero-order valence-electron chi connectivity index (χ0n) is 21.4. The molecule has 9 aliphatic rings. The van der Waals surface area contributed by atoms with Crippen LogP contribution in [0.25, 0.3) is 0 Å². The van der Waals surface area contributed by atoms with Crippen molar-refractivity contribution in [2.75, 3.05) is 26.4 Å². The van der Waals surface area contributed by atoms with E-state index in [0.717, 1.165) is 32.1 Å². The fourth-order valence-electron chi connectivity index (χ4n) is 9.93. The highest BCUT2D eigenvalue weighted by atomic mass is 16.6. The molecule has 2 heterocycles. The first-order valence-corrected chi connectivity index (χ1v) is 14.0. The Morgan fingerprint density at radius 2 is 1.74 bits per heavy atom. The van der Waals surface area contributed by atoms with Crippen molar-refractivity contribution >= 4 is 11.9 Å². The van der Waals surface area contributed by atoms with E-state index in [2.05, 4.69) is 26.8 Å². The highest BCUT2D eigenvalue weighted by molar-refractivity contribution is 5.77. The second-order valence-electron chi connectivity index (χ2n) is 13.5. The molecule has 0 amide bonds. The molecule has 6 fully saturated rings. The Morgan fingerprint density at radius 1 is 1.03 bits per heavy atom. The summed E-state index contributed by atoms with van der Waals surface area (Å²) < 4.78 is 22.2. The Kier molecular flexibility index (Phi) is 4.92. The van der Waals surface area contributed by atoms with Gasteiger partial charge in [0.15, 0.2) is 0 Å². The van der Waals surface area contributed by atoms with E-state index in [-0.39, 0.29) is 40.9 Å². The van der Waals surface area contributed by atoms with E-state index in [0.29, 0.717) is 56.0 Å². The second-order valence-corrected chi connectivity index (χ2v) is 13.5. The molecule has 0 radical (unpaired) electrons. The minimum Gasteiger partial charge on any atom is -0.463 e. The van der Waals surface area contributed by atoms with Crippen LogP contribution < -0.4 is 0 Å². The lowest BCUT2D eigenvalue weighted by Gasteiger charge is -2.64. The van der Waals surface area contributed by atoms with Crippen LogP contribution >= 0.6 is 0 Å². The fourth-order valence-corrected chi connectivity index (χ4v) is 9.93. The van der Waals surface area contributed by atoms with Crippen LogP contribution in [0.1, 0.15) is 65.7 Å². The summed E-state index contributed by atoms with van der Waals surface area (Å²) in [5, 5.41) is 0. The summed E-state index contributed by atoms with van der Waals surface area (Å²) in [6.07, 6.45) is 10.2. The molecule has 7 aliphatic carbocycles. The minimum absolute atomic E-state index is 0.00311. The molecular formula is C29H40O6. The van der Waals surface area contributed by atoms with Crippen molar-refractivity contribution < 1.29 is 28.5 Å². The normalized spacial score (nSPS) is 52.7. The molecule has 9 rings (SSSR count). The molecule has 0 aromatic heterocycles. The Bertz CT molecular complexity index is 966. The largest absolute Gasteiger partial charge is 0.463 e. The van der Waals surface area contributed by atoms with Crippen molar-refractivity contribution in [3.63, 3.8) is 0 Å². The topological polar surface area (TPSA) is 77.7 Å². The molecule has 0 aromatic rings. The van der Waals surface area contributed by atoms with Crippen LogP contribution in [0.5, 0.6) is 0 Å². The van der Waals surface area contributed by atoms with Gasteiger partial charge in [0.1, 0.15) is 25.4 Å². The Morgan fingerprint density at radius 3 is 2.46 bits per heavy atom. The number of epoxide rings is 2. The van der Waals surface area contributed by atoms with E-state index >= 15 is 0 Å². The number of carbonyl (C=O) groups excluding carboxylic acids is 2. The van der Waals surface area contributed by atoms with E-state index in [1.807, 2.05) is 0 Å². The summed E-state index contributed by atoms with van der Waals surface area (Å²) in [6, 6.07) is 0. The van der Waals surface area contributed by atoms with Crippen LogP contribution in [-0.4, -0.2) is 50.6 Å². The summed E-state index contributed by atoms with van der Waals surface area (Å²) in [7, 11) is 0. The maximum Gasteiger partial charge on any atom is 0.312 e. The van der Waals surface area contributed by atoms with Gasteiger partial charge in [0, 0.05) is 0 Å². The third kappa shape index (κ3) is 3.27. The van der Waals surface area contributed by atoms with Gasteiger partial charge in [-0.05, 0) is 85.9 Å². The van der Waals surface area contributed by atoms with Gasteiger partial charge >= 0.3 is 11.9 Å². The SMILES string of the molecule is CC1C2=CC34CCC5C(C)(C(=O)OCC6CO6)CCCC5(C)C3CC2C1C(C(=O)OCC1CO1)C4. The molecule has 11 unspecified atom stereocenters.